The molecule has 0 aromatic rings. The average Bonchev–Trinajstić information content (AvgIpc) is 2.16. The summed E-state index contributed by atoms with van der Waals surface area (Å²) in [5.74, 6) is 0. The van der Waals surface area contributed by atoms with Crippen LogP contribution in [0.25, 0.3) is 0 Å². The van der Waals surface area contributed by atoms with Gasteiger partial charge in [0.15, 0.2) is 0 Å². The lowest BCUT2D eigenvalue weighted by molar-refractivity contribution is -0.0105. The molecule has 1 saturated heterocycles. The van der Waals surface area contributed by atoms with Crippen molar-refractivity contribution in [2.45, 2.75) is 26.4 Å². The summed E-state index contributed by atoms with van der Waals surface area (Å²) < 4.78 is 10.0. The van der Waals surface area contributed by atoms with Gasteiger partial charge in [-0.25, -0.2) is 4.79 Å². The maximum Gasteiger partial charge on any atom is 0.508 e. The number of hydrogen-bond acceptors (Lipinski definition) is 5. The molecule has 0 aromatic carbocycles. The van der Waals surface area contributed by atoms with Crippen molar-refractivity contribution in [1.29, 1.82) is 0 Å². The molecule has 5 nitrogen and oxygen atoms in total. The minimum Gasteiger partial charge on any atom is -0.433 e. The largest absolute Gasteiger partial charge is 0.508 e. The Morgan fingerprint density at radius 3 is 2.50 bits per heavy atom. The second kappa shape index (κ2) is 6.06. The van der Waals surface area contributed by atoms with Crippen molar-refractivity contribution < 1.29 is 14.3 Å². The number of ether oxygens (including phenoxy) is 2. The molecule has 0 saturated carbocycles. The number of nitrogens with zero attached hydrogens (tertiary/aromatic N) is 1. The number of rotatable bonds is 3. The van der Waals surface area contributed by atoms with Gasteiger partial charge in [-0.1, -0.05) is 0 Å². The number of carbonyl (C=O) groups excluding carboxylic acids is 1. The molecule has 1 heterocycles. The van der Waals surface area contributed by atoms with Crippen molar-refractivity contribution in [3.63, 3.8) is 0 Å². The van der Waals surface area contributed by atoms with Crippen LogP contribution >= 0.6 is 0 Å². The van der Waals surface area contributed by atoms with E-state index in [0.717, 1.165) is 32.7 Å². The van der Waals surface area contributed by atoms with Crippen molar-refractivity contribution in [2.75, 3.05) is 39.3 Å². The molecule has 0 radical (unpaired) electrons. The molecule has 0 aliphatic carbocycles. The topological polar surface area (TPSA) is 50.8 Å². The first-order valence-electron chi connectivity index (χ1n) is 5.76. The molecular weight excluding hydrogens is 208 g/mol. The molecule has 1 aliphatic rings. The van der Waals surface area contributed by atoms with Crippen LogP contribution < -0.4 is 5.32 Å². The van der Waals surface area contributed by atoms with E-state index in [0.29, 0.717) is 6.61 Å². The molecule has 0 atom stereocenters. The van der Waals surface area contributed by atoms with E-state index in [4.69, 9.17) is 9.47 Å². The van der Waals surface area contributed by atoms with E-state index < -0.39 is 11.8 Å². The number of hydrogen-bond donors (Lipinski definition) is 1. The summed E-state index contributed by atoms with van der Waals surface area (Å²) in [4.78, 5) is 13.5. The fraction of sp³-hybridized carbons (Fsp3) is 0.909. The monoisotopic (exact) mass is 230 g/mol. The first-order valence-corrected chi connectivity index (χ1v) is 5.76. The second-order valence-corrected chi connectivity index (χ2v) is 4.90. The van der Waals surface area contributed by atoms with Crippen molar-refractivity contribution in [3.8, 4) is 0 Å². The molecule has 0 bridgehead atoms. The highest BCUT2D eigenvalue weighted by Gasteiger charge is 2.17. The lowest BCUT2D eigenvalue weighted by Gasteiger charge is -2.27. The number of nitrogens with one attached hydrogen (secondary N) is 1. The Balaban J connectivity index is 2.08. The van der Waals surface area contributed by atoms with Gasteiger partial charge in [-0.2, -0.15) is 0 Å². The van der Waals surface area contributed by atoms with Gasteiger partial charge in [-0.15, -0.1) is 0 Å². The summed E-state index contributed by atoms with van der Waals surface area (Å²) in [6.07, 6.45) is -0.581. The van der Waals surface area contributed by atoms with E-state index in [2.05, 4.69) is 10.2 Å². The van der Waals surface area contributed by atoms with Crippen LogP contribution in [0, 0.1) is 0 Å². The van der Waals surface area contributed by atoms with E-state index >= 15 is 0 Å². The van der Waals surface area contributed by atoms with Gasteiger partial charge in [-0.3, -0.25) is 4.90 Å². The molecule has 1 rings (SSSR count). The first-order chi connectivity index (χ1) is 7.47. The van der Waals surface area contributed by atoms with Crippen LogP contribution in [0.15, 0.2) is 0 Å². The zero-order chi connectivity index (χ0) is 12.0. The van der Waals surface area contributed by atoms with Gasteiger partial charge in [0.1, 0.15) is 12.2 Å². The molecule has 1 aliphatic heterocycles. The molecule has 0 spiro atoms. The zero-order valence-corrected chi connectivity index (χ0v) is 10.4. The van der Waals surface area contributed by atoms with Gasteiger partial charge < -0.3 is 14.8 Å². The molecule has 1 fully saturated rings. The van der Waals surface area contributed by atoms with Crippen LogP contribution in [0.1, 0.15) is 20.8 Å². The Bertz CT molecular complexity index is 220. The third kappa shape index (κ3) is 5.92. The van der Waals surface area contributed by atoms with E-state index in [1.165, 1.54) is 0 Å². The first kappa shape index (κ1) is 13.3. The smallest absolute Gasteiger partial charge is 0.433 e. The lowest BCUT2D eigenvalue weighted by Crippen LogP contribution is -2.44. The molecule has 0 amide bonds. The SMILES string of the molecule is CC(C)(C)OC(=O)OCCN1CCNCC1. The lowest BCUT2D eigenvalue weighted by atomic mass is 10.2. The van der Waals surface area contributed by atoms with Gasteiger partial charge in [-0.05, 0) is 20.8 Å². The standard InChI is InChI=1S/C11H22N2O3/c1-11(2,3)16-10(14)15-9-8-13-6-4-12-5-7-13/h12H,4-9H2,1-3H3. The zero-order valence-electron chi connectivity index (χ0n) is 10.4. The Morgan fingerprint density at radius 1 is 1.31 bits per heavy atom. The van der Waals surface area contributed by atoms with Gasteiger partial charge in [0.05, 0.1) is 0 Å². The molecule has 5 heteroatoms. The van der Waals surface area contributed by atoms with Gasteiger partial charge >= 0.3 is 6.16 Å². The summed E-state index contributed by atoms with van der Waals surface area (Å²) in [5.41, 5.74) is -0.480. The molecule has 1 N–H and O–H groups in total. The second-order valence-electron chi connectivity index (χ2n) is 4.90. The normalized spacial score (nSPS) is 18.2. The number of carbonyl (C=O) groups is 1. The van der Waals surface area contributed by atoms with Crippen molar-refractivity contribution in [2.24, 2.45) is 0 Å². The molecular formula is C11H22N2O3. The van der Waals surface area contributed by atoms with Crippen molar-refractivity contribution in [3.05, 3.63) is 0 Å². The van der Waals surface area contributed by atoms with E-state index in [-0.39, 0.29) is 0 Å². The molecule has 16 heavy (non-hydrogen) atoms. The number of piperazine rings is 1. The predicted octanol–water partition coefficient (Wildman–Crippen LogP) is 0.843. The highest BCUT2D eigenvalue weighted by atomic mass is 16.7. The van der Waals surface area contributed by atoms with Gasteiger partial charge in [0, 0.05) is 32.7 Å². The molecule has 94 valence electrons. The van der Waals surface area contributed by atoms with Crippen molar-refractivity contribution in [1.82, 2.24) is 10.2 Å². The predicted molar refractivity (Wildman–Crippen MR) is 61.5 cm³/mol. The molecule has 0 unspecified atom stereocenters. The summed E-state index contributed by atoms with van der Waals surface area (Å²) >= 11 is 0. The summed E-state index contributed by atoms with van der Waals surface area (Å²) in [5, 5.41) is 3.27. The fourth-order valence-electron chi connectivity index (χ4n) is 1.47. The minimum atomic E-state index is -0.581. The van der Waals surface area contributed by atoms with Crippen molar-refractivity contribution >= 4 is 6.16 Å². The van der Waals surface area contributed by atoms with E-state index in [9.17, 15) is 4.79 Å². The third-order valence-corrected chi connectivity index (χ3v) is 2.23. The average molecular weight is 230 g/mol. The minimum absolute atomic E-state index is 0.398. The highest BCUT2D eigenvalue weighted by Crippen LogP contribution is 2.07. The fourth-order valence-corrected chi connectivity index (χ4v) is 1.47. The quantitative estimate of drug-likeness (QED) is 0.728. The Hall–Kier alpha value is -0.810. The van der Waals surface area contributed by atoms with Crippen LogP contribution in [0.5, 0.6) is 0 Å². The maximum absolute atomic E-state index is 11.2. The van der Waals surface area contributed by atoms with Crippen LogP contribution in [0.4, 0.5) is 4.79 Å². The van der Waals surface area contributed by atoms with E-state index in [1.54, 1.807) is 0 Å². The highest BCUT2D eigenvalue weighted by molar-refractivity contribution is 5.60. The maximum atomic E-state index is 11.2. The van der Waals surface area contributed by atoms with Crippen LogP contribution in [-0.4, -0.2) is 56.0 Å². The Labute approximate surface area is 97.1 Å². The van der Waals surface area contributed by atoms with Crippen LogP contribution in [-0.2, 0) is 9.47 Å². The summed E-state index contributed by atoms with van der Waals surface area (Å²) in [6, 6.07) is 0. The van der Waals surface area contributed by atoms with Gasteiger partial charge in [0.2, 0.25) is 0 Å². The summed E-state index contributed by atoms with van der Waals surface area (Å²) in [7, 11) is 0. The summed E-state index contributed by atoms with van der Waals surface area (Å²) in [6.45, 7) is 10.7. The van der Waals surface area contributed by atoms with Crippen LogP contribution in [0.3, 0.4) is 0 Å². The van der Waals surface area contributed by atoms with E-state index in [1.807, 2.05) is 20.8 Å². The van der Waals surface area contributed by atoms with Crippen LogP contribution in [0.2, 0.25) is 0 Å². The third-order valence-electron chi connectivity index (χ3n) is 2.23. The van der Waals surface area contributed by atoms with Gasteiger partial charge in [0.25, 0.3) is 0 Å². The molecule has 0 aromatic heterocycles. The Morgan fingerprint density at radius 2 is 1.94 bits per heavy atom. The Kier molecular flexibility index (Phi) is 5.02.